The van der Waals surface area contributed by atoms with Gasteiger partial charge in [-0.1, -0.05) is 23.4 Å². The van der Waals surface area contributed by atoms with Crippen LogP contribution in [-0.4, -0.2) is 55.9 Å². The van der Waals surface area contributed by atoms with E-state index in [-0.39, 0.29) is 24.4 Å². The molecule has 0 bridgehead atoms. The molecule has 1 saturated heterocycles. The van der Waals surface area contributed by atoms with Gasteiger partial charge in [-0.05, 0) is 62.4 Å². The summed E-state index contributed by atoms with van der Waals surface area (Å²) in [6.07, 6.45) is 1.17. The van der Waals surface area contributed by atoms with Crippen LogP contribution in [0.15, 0.2) is 47.2 Å². The van der Waals surface area contributed by atoms with E-state index in [9.17, 15) is 9.18 Å². The van der Waals surface area contributed by atoms with Crippen LogP contribution in [0.4, 0.5) is 10.2 Å². The average Bonchev–Trinajstić information content (AvgIpc) is 3.65. The van der Waals surface area contributed by atoms with Gasteiger partial charge in [-0.25, -0.2) is 14.4 Å². The molecule has 3 aromatic heterocycles. The van der Waals surface area contributed by atoms with Crippen LogP contribution in [0.3, 0.4) is 0 Å². The first kappa shape index (κ1) is 26.0. The maximum absolute atomic E-state index is 14.5. The fourth-order valence-corrected chi connectivity index (χ4v) is 6.17. The maximum atomic E-state index is 14.5. The Balaban J connectivity index is 1.42. The van der Waals surface area contributed by atoms with Gasteiger partial charge in [0.2, 0.25) is 5.91 Å². The van der Waals surface area contributed by atoms with Crippen molar-refractivity contribution in [3.8, 4) is 22.9 Å². The van der Waals surface area contributed by atoms with E-state index in [0.717, 1.165) is 5.56 Å². The topological polar surface area (TPSA) is 108 Å². The predicted molar refractivity (Wildman–Crippen MR) is 147 cm³/mol. The van der Waals surface area contributed by atoms with Crippen LogP contribution >= 0.6 is 22.6 Å². The Morgan fingerprint density at radius 1 is 1.13 bits per heavy atom. The molecule has 10 nitrogen and oxygen atoms in total. The number of benzene rings is 1. The Morgan fingerprint density at radius 2 is 1.92 bits per heavy atom. The number of carbonyl (C=O) groups is 1. The Kier molecular flexibility index (Phi) is 6.31. The molecule has 12 heteroatoms. The average molecular weight is 644 g/mol. The van der Waals surface area contributed by atoms with Crippen molar-refractivity contribution in [2.24, 2.45) is 0 Å². The molecule has 0 radical (unpaired) electrons. The lowest BCUT2D eigenvalue weighted by Gasteiger charge is -2.23. The number of carbonyl (C=O) groups excluding carboxylic acids is 1. The molecule has 0 N–H and O–H groups in total. The molecule has 2 aliphatic heterocycles. The molecule has 5 heterocycles. The first-order valence-electron chi connectivity index (χ1n) is 12.5. The van der Waals surface area contributed by atoms with E-state index < -0.39 is 11.2 Å². The molecule has 0 aliphatic carbocycles. The van der Waals surface area contributed by atoms with Gasteiger partial charge in [0.1, 0.15) is 39.1 Å². The van der Waals surface area contributed by atoms with Crippen molar-refractivity contribution in [1.82, 2.24) is 24.9 Å². The molecule has 6 rings (SSSR count). The highest BCUT2D eigenvalue weighted by Gasteiger charge is 2.49. The van der Waals surface area contributed by atoms with Crippen molar-refractivity contribution in [2.45, 2.75) is 51.5 Å². The quantitative estimate of drug-likeness (QED) is 0.222. The molecule has 39 heavy (non-hydrogen) atoms. The van der Waals surface area contributed by atoms with Crippen molar-refractivity contribution in [2.75, 3.05) is 18.1 Å². The van der Waals surface area contributed by atoms with Crippen molar-refractivity contribution in [3.63, 3.8) is 0 Å². The largest absolute Gasteiger partial charge is 0.364 e. The normalized spacial score (nSPS) is 19.6. The zero-order valence-electron chi connectivity index (χ0n) is 21.8. The monoisotopic (exact) mass is 644 g/mol. The van der Waals surface area contributed by atoms with Crippen LogP contribution in [0.5, 0.6) is 0 Å². The number of ether oxygens (including phenoxy) is 2. The summed E-state index contributed by atoms with van der Waals surface area (Å²) in [4.78, 5) is 24.8. The van der Waals surface area contributed by atoms with Gasteiger partial charge < -0.3 is 14.0 Å². The van der Waals surface area contributed by atoms with E-state index in [1.54, 1.807) is 39.9 Å². The Morgan fingerprint density at radius 3 is 2.62 bits per heavy atom. The molecule has 4 aromatic rings. The molecular formula is C27H26FIN6O4. The van der Waals surface area contributed by atoms with Crippen LogP contribution in [0.1, 0.15) is 38.8 Å². The Hall–Kier alpha value is -3.23. The highest BCUT2D eigenvalue weighted by molar-refractivity contribution is 14.1. The zero-order chi connectivity index (χ0) is 27.5. The number of amides is 1. The van der Waals surface area contributed by atoms with Crippen molar-refractivity contribution < 1.29 is 23.2 Å². The highest BCUT2D eigenvalue weighted by Crippen LogP contribution is 2.44. The smallest absolute Gasteiger partial charge is 0.238 e. The molecule has 0 saturated carbocycles. The molecular weight excluding hydrogens is 618 g/mol. The van der Waals surface area contributed by atoms with Gasteiger partial charge in [-0.15, -0.1) is 0 Å². The van der Waals surface area contributed by atoms with Crippen LogP contribution in [-0.2, 0) is 26.2 Å². The number of rotatable bonds is 6. The van der Waals surface area contributed by atoms with Crippen molar-refractivity contribution in [3.05, 3.63) is 63.3 Å². The van der Waals surface area contributed by atoms with E-state index in [1.165, 1.54) is 12.3 Å². The summed E-state index contributed by atoms with van der Waals surface area (Å²) in [5.74, 6) is -0.251. The lowest BCUT2D eigenvalue weighted by atomic mass is 9.88. The third-order valence-electron chi connectivity index (χ3n) is 6.95. The van der Waals surface area contributed by atoms with Gasteiger partial charge in [0.25, 0.3) is 0 Å². The lowest BCUT2D eigenvalue weighted by Crippen LogP contribution is -2.41. The van der Waals surface area contributed by atoms with E-state index in [0.29, 0.717) is 51.1 Å². The van der Waals surface area contributed by atoms with Gasteiger partial charge in [0, 0.05) is 17.2 Å². The number of nitrogens with zero attached hydrogens (tertiary/aromatic N) is 6. The van der Waals surface area contributed by atoms with Crippen molar-refractivity contribution >= 4 is 34.3 Å². The Labute approximate surface area is 237 Å². The standard InChI is InChI=1S/C27H26FIN6O4/c1-26(2)21-22(29)30-23(31-24(21)34(25(26)36)13-16-14-37-27(3,4)39-16)19-11-20(18-9-10-38-33-18)35(32-19)12-15-7-5-6-8-17(15)28/h5-11,16H,12-14H2,1-4H3. The zero-order valence-corrected chi connectivity index (χ0v) is 24.0. The number of aromatic nitrogens is 5. The van der Waals surface area contributed by atoms with Crippen LogP contribution in [0.2, 0.25) is 0 Å². The number of hydrogen-bond acceptors (Lipinski definition) is 8. The van der Waals surface area contributed by atoms with Crippen LogP contribution in [0, 0.1) is 9.52 Å². The van der Waals surface area contributed by atoms with Gasteiger partial charge in [-0.3, -0.25) is 14.4 Å². The molecule has 1 fully saturated rings. The van der Waals surface area contributed by atoms with E-state index in [1.807, 2.05) is 27.7 Å². The summed E-state index contributed by atoms with van der Waals surface area (Å²) >= 11 is 2.15. The summed E-state index contributed by atoms with van der Waals surface area (Å²) < 4.78 is 33.6. The Bertz CT molecular complexity index is 1570. The molecule has 2 aliphatic rings. The summed E-state index contributed by atoms with van der Waals surface area (Å²) in [6, 6.07) is 10.0. The van der Waals surface area contributed by atoms with Gasteiger partial charge in [-0.2, -0.15) is 5.10 Å². The molecule has 1 unspecified atom stereocenters. The molecule has 1 atom stereocenters. The van der Waals surface area contributed by atoms with E-state index >= 15 is 0 Å². The third kappa shape index (κ3) is 4.63. The molecule has 1 amide bonds. The minimum Gasteiger partial charge on any atom is -0.364 e. The second-order valence-electron chi connectivity index (χ2n) is 10.6. The first-order valence-corrected chi connectivity index (χ1v) is 13.6. The highest BCUT2D eigenvalue weighted by atomic mass is 127. The van der Waals surface area contributed by atoms with E-state index in [4.69, 9.17) is 29.1 Å². The molecule has 202 valence electrons. The summed E-state index contributed by atoms with van der Waals surface area (Å²) in [6.45, 7) is 8.31. The lowest BCUT2D eigenvalue weighted by molar-refractivity contribution is -0.138. The van der Waals surface area contributed by atoms with Crippen LogP contribution < -0.4 is 4.90 Å². The van der Waals surface area contributed by atoms with E-state index in [2.05, 4.69) is 27.7 Å². The van der Waals surface area contributed by atoms with Crippen molar-refractivity contribution in [1.29, 1.82) is 0 Å². The third-order valence-corrected chi connectivity index (χ3v) is 7.73. The molecule has 0 spiro atoms. The number of hydrogen-bond donors (Lipinski definition) is 0. The fourth-order valence-electron chi connectivity index (χ4n) is 5.02. The number of halogens is 2. The predicted octanol–water partition coefficient (Wildman–Crippen LogP) is 4.56. The first-order chi connectivity index (χ1) is 18.5. The summed E-state index contributed by atoms with van der Waals surface area (Å²) in [5.41, 5.74) is 2.05. The number of anilines is 1. The second kappa shape index (κ2) is 9.45. The van der Waals surface area contributed by atoms with Gasteiger partial charge >= 0.3 is 0 Å². The SMILES string of the molecule is CC1(C)OCC(CN2C(=O)C(C)(C)c3c(I)nc(-c4cc(-c5ccon5)n(Cc5ccccc5F)n4)nc32)O1. The fraction of sp³-hybridized carbons (Fsp3) is 0.370. The van der Waals surface area contributed by atoms with Gasteiger partial charge in [0.15, 0.2) is 11.6 Å². The minimum atomic E-state index is -0.810. The minimum absolute atomic E-state index is 0.0801. The van der Waals surface area contributed by atoms with Gasteiger partial charge in [0.05, 0.1) is 30.8 Å². The summed E-state index contributed by atoms with van der Waals surface area (Å²) in [7, 11) is 0. The number of fused-ring (bicyclic) bond motifs is 1. The second-order valence-corrected chi connectivity index (χ2v) is 11.6. The maximum Gasteiger partial charge on any atom is 0.238 e. The summed E-state index contributed by atoms with van der Waals surface area (Å²) in [5, 5.41) is 8.79. The molecule has 1 aromatic carbocycles. The van der Waals surface area contributed by atoms with Crippen LogP contribution in [0.25, 0.3) is 22.9 Å².